The van der Waals surface area contributed by atoms with Gasteiger partial charge in [0.1, 0.15) is 12.6 Å². The van der Waals surface area contributed by atoms with Gasteiger partial charge in [-0.2, -0.15) is 0 Å². The molecule has 0 amide bonds. The summed E-state index contributed by atoms with van der Waals surface area (Å²) in [4.78, 5) is 36.3. The number of ether oxygens (including phenoxy) is 2. The smallest absolute Gasteiger partial charge is 0.303 e. The molecule has 2 atom stereocenters. The topological polar surface area (TPSA) is 108 Å². The van der Waals surface area contributed by atoms with Crippen LogP contribution in [0, 0.1) is 10.1 Å². The minimum absolute atomic E-state index is 0.106. The number of non-ortho nitro benzene ring substituents is 1. The van der Waals surface area contributed by atoms with E-state index in [0.717, 1.165) is 0 Å². The first kappa shape index (κ1) is 18.4. The highest BCUT2D eigenvalue weighted by molar-refractivity contribution is 7.78. The SMILES string of the molecule is CC(=O)OC[C@@H](N=C=S)[C@@H](OC(C)=O)c1ccc([N+](=O)[O-])cc1. The van der Waals surface area contributed by atoms with Crippen LogP contribution < -0.4 is 0 Å². The molecule has 0 saturated heterocycles. The van der Waals surface area contributed by atoms with Crippen LogP contribution in [0.25, 0.3) is 0 Å². The second kappa shape index (κ2) is 8.72. The molecule has 1 rings (SSSR count). The van der Waals surface area contributed by atoms with Crippen molar-refractivity contribution in [3.8, 4) is 0 Å². The fraction of sp³-hybridized carbons (Fsp3) is 0.357. The van der Waals surface area contributed by atoms with Crippen LogP contribution in [0.4, 0.5) is 5.69 Å². The number of hydrogen-bond acceptors (Lipinski definition) is 8. The van der Waals surface area contributed by atoms with Crippen molar-refractivity contribution >= 4 is 35.0 Å². The number of esters is 2. The summed E-state index contributed by atoms with van der Waals surface area (Å²) in [6.45, 7) is 2.27. The number of carbonyl (C=O) groups excluding carboxylic acids is 2. The van der Waals surface area contributed by atoms with Crippen LogP contribution in [0.15, 0.2) is 29.3 Å². The Morgan fingerprint density at radius 3 is 2.35 bits per heavy atom. The third kappa shape index (κ3) is 5.93. The maximum atomic E-state index is 11.3. The van der Waals surface area contributed by atoms with Crippen LogP contribution in [-0.4, -0.2) is 34.7 Å². The van der Waals surface area contributed by atoms with Crippen molar-refractivity contribution in [2.75, 3.05) is 6.61 Å². The summed E-state index contributed by atoms with van der Waals surface area (Å²) in [5.41, 5.74) is 0.349. The second-order valence-electron chi connectivity index (χ2n) is 4.47. The Balaban J connectivity index is 3.13. The van der Waals surface area contributed by atoms with Gasteiger partial charge in [-0.3, -0.25) is 19.7 Å². The predicted molar refractivity (Wildman–Crippen MR) is 83.1 cm³/mol. The number of nitrogens with zero attached hydrogens (tertiary/aromatic N) is 2. The lowest BCUT2D eigenvalue weighted by molar-refractivity contribution is -0.384. The van der Waals surface area contributed by atoms with E-state index in [0.29, 0.717) is 5.56 Å². The fourth-order valence-corrected chi connectivity index (χ4v) is 1.93. The number of hydrogen-bond donors (Lipinski definition) is 0. The molecule has 0 heterocycles. The van der Waals surface area contributed by atoms with Gasteiger partial charge in [0.05, 0.1) is 10.1 Å². The van der Waals surface area contributed by atoms with Gasteiger partial charge in [0.15, 0.2) is 6.10 Å². The molecule has 0 aliphatic rings. The maximum Gasteiger partial charge on any atom is 0.303 e. The molecule has 0 fully saturated rings. The third-order valence-electron chi connectivity index (χ3n) is 2.75. The zero-order chi connectivity index (χ0) is 17.4. The molecule has 0 radical (unpaired) electrons. The number of benzene rings is 1. The van der Waals surface area contributed by atoms with E-state index < -0.39 is 29.0 Å². The van der Waals surface area contributed by atoms with Gasteiger partial charge in [-0.25, -0.2) is 4.99 Å². The summed E-state index contributed by atoms with van der Waals surface area (Å²) in [5.74, 6) is -1.11. The zero-order valence-corrected chi connectivity index (χ0v) is 13.2. The Morgan fingerprint density at radius 1 is 1.30 bits per heavy atom. The largest absolute Gasteiger partial charge is 0.463 e. The molecule has 0 unspecified atom stereocenters. The molecule has 8 nitrogen and oxygen atoms in total. The Labute approximate surface area is 137 Å². The van der Waals surface area contributed by atoms with Crippen LogP contribution >= 0.6 is 12.2 Å². The minimum atomic E-state index is -0.914. The maximum absolute atomic E-state index is 11.3. The zero-order valence-electron chi connectivity index (χ0n) is 12.4. The lowest BCUT2D eigenvalue weighted by Crippen LogP contribution is -2.27. The van der Waals surface area contributed by atoms with Gasteiger partial charge in [-0.1, -0.05) is 0 Å². The lowest BCUT2D eigenvalue weighted by atomic mass is 10.0. The Morgan fingerprint density at radius 2 is 1.91 bits per heavy atom. The minimum Gasteiger partial charge on any atom is -0.463 e. The van der Waals surface area contributed by atoms with Gasteiger partial charge < -0.3 is 9.47 Å². The number of isothiocyanates is 1. The summed E-state index contributed by atoms with van der Waals surface area (Å²) in [7, 11) is 0. The number of rotatable bonds is 7. The highest BCUT2D eigenvalue weighted by Crippen LogP contribution is 2.26. The molecule has 0 aliphatic carbocycles. The van der Waals surface area contributed by atoms with Crippen molar-refractivity contribution in [1.29, 1.82) is 0 Å². The number of aliphatic imine (C=N–C) groups is 1. The van der Waals surface area contributed by atoms with Gasteiger partial charge in [0, 0.05) is 26.0 Å². The molecule has 0 saturated carbocycles. The number of thiocarbonyl (C=S) groups is 1. The molecular weight excluding hydrogens is 324 g/mol. The molecule has 1 aromatic carbocycles. The normalized spacial score (nSPS) is 12.4. The van der Waals surface area contributed by atoms with Crippen LogP contribution in [0.5, 0.6) is 0 Å². The first-order valence-corrected chi connectivity index (χ1v) is 6.88. The predicted octanol–water partition coefficient (Wildman–Crippen LogP) is 2.23. The quantitative estimate of drug-likeness (QED) is 0.246. The van der Waals surface area contributed by atoms with E-state index in [1.165, 1.54) is 38.1 Å². The summed E-state index contributed by atoms with van der Waals surface area (Å²) in [5, 5.41) is 12.9. The average Bonchev–Trinajstić information content (AvgIpc) is 2.49. The average molecular weight is 338 g/mol. The molecule has 0 aliphatic heterocycles. The van der Waals surface area contributed by atoms with E-state index in [4.69, 9.17) is 9.47 Å². The summed E-state index contributed by atoms with van der Waals surface area (Å²) in [6, 6.07) is 4.62. The van der Waals surface area contributed by atoms with E-state index in [1.807, 2.05) is 0 Å². The molecule has 0 spiro atoms. The van der Waals surface area contributed by atoms with E-state index in [-0.39, 0.29) is 12.3 Å². The van der Waals surface area contributed by atoms with Crippen molar-refractivity contribution in [1.82, 2.24) is 0 Å². The highest BCUT2D eigenvalue weighted by atomic mass is 32.1. The molecular formula is C14H14N2O6S. The lowest BCUT2D eigenvalue weighted by Gasteiger charge is -2.23. The fourth-order valence-electron chi connectivity index (χ4n) is 1.80. The molecule has 0 aromatic heterocycles. The molecule has 122 valence electrons. The van der Waals surface area contributed by atoms with Crippen LogP contribution in [-0.2, 0) is 19.1 Å². The van der Waals surface area contributed by atoms with E-state index >= 15 is 0 Å². The Bertz CT molecular complexity index is 639. The van der Waals surface area contributed by atoms with Gasteiger partial charge in [0.25, 0.3) is 5.69 Å². The van der Waals surface area contributed by atoms with Crippen molar-refractivity contribution in [3.63, 3.8) is 0 Å². The van der Waals surface area contributed by atoms with Crippen molar-refractivity contribution in [2.45, 2.75) is 26.0 Å². The summed E-state index contributed by atoms with van der Waals surface area (Å²) < 4.78 is 10.1. The Hall–Kier alpha value is -2.64. The van der Waals surface area contributed by atoms with E-state index in [2.05, 4.69) is 22.4 Å². The molecule has 0 N–H and O–H groups in total. The number of nitro benzene ring substituents is 1. The van der Waals surface area contributed by atoms with Crippen molar-refractivity contribution in [3.05, 3.63) is 39.9 Å². The van der Waals surface area contributed by atoms with E-state index in [1.54, 1.807) is 0 Å². The van der Waals surface area contributed by atoms with Crippen molar-refractivity contribution in [2.24, 2.45) is 4.99 Å². The first-order valence-electron chi connectivity index (χ1n) is 6.47. The van der Waals surface area contributed by atoms with Crippen molar-refractivity contribution < 1.29 is 24.0 Å². The Kier molecular flexibility index (Phi) is 6.98. The van der Waals surface area contributed by atoms with Gasteiger partial charge in [0.2, 0.25) is 0 Å². The van der Waals surface area contributed by atoms with Gasteiger partial charge >= 0.3 is 11.9 Å². The van der Waals surface area contributed by atoms with Crippen LogP contribution in [0.1, 0.15) is 25.5 Å². The second-order valence-corrected chi connectivity index (χ2v) is 4.65. The van der Waals surface area contributed by atoms with E-state index in [9.17, 15) is 19.7 Å². The first-order chi connectivity index (χ1) is 10.8. The molecule has 9 heteroatoms. The highest BCUT2D eigenvalue weighted by Gasteiger charge is 2.27. The summed E-state index contributed by atoms with van der Waals surface area (Å²) in [6.07, 6.45) is -0.914. The van der Waals surface area contributed by atoms with Crippen LogP contribution in [0.3, 0.4) is 0 Å². The van der Waals surface area contributed by atoms with Gasteiger partial charge in [-0.15, -0.1) is 0 Å². The number of carbonyl (C=O) groups is 2. The summed E-state index contributed by atoms with van der Waals surface area (Å²) >= 11 is 4.56. The van der Waals surface area contributed by atoms with Crippen LogP contribution in [0.2, 0.25) is 0 Å². The molecule has 0 bridgehead atoms. The number of nitro groups is 1. The standard InChI is InChI=1S/C14H14N2O6S/c1-9(17)21-7-13(15-8-23)14(22-10(2)18)11-3-5-12(6-4-11)16(19)20/h3-6,13-14H,7H2,1-2H3/t13-,14+/m1/s1. The monoisotopic (exact) mass is 338 g/mol. The molecule has 1 aromatic rings. The molecule has 23 heavy (non-hydrogen) atoms. The van der Waals surface area contributed by atoms with Gasteiger partial charge in [-0.05, 0) is 29.9 Å². The third-order valence-corrected chi connectivity index (χ3v) is 2.86.